The molecule has 1 atom stereocenters. The van der Waals surface area contributed by atoms with Crippen LogP contribution >= 0.6 is 11.3 Å². The fraction of sp³-hybridized carbons (Fsp3) is 0.667. The lowest BCUT2D eigenvalue weighted by Gasteiger charge is -2.21. The van der Waals surface area contributed by atoms with Crippen molar-refractivity contribution in [1.29, 1.82) is 0 Å². The lowest BCUT2D eigenvalue weighted by molar-refractivity contribution is 0.0983. The molecule has 0 aliphatic carbocycles. The number of hydrogen-bond acceptors (Lipinski definition) is 4. The van der Waals surface area contributed by atoms with Crippen LogP contribution < -0.4 is 5.73 Å². The average molecular weight is 283 g/mol. The van der Waals surface area contributed by atoms with Gasteiger partial charge in [0.05, 0.1) is 11.5 Å². The number of Topliss-reactive ketones (excluding diaryl/α,β-unsaturated/α-hetero) is 1. The first-order valence-corrected chi connectivity index (χ1v) is 7.73. The zero-order chi connectivity index (χ0) is 14.5. The van der Waals surface area contributed by atoms with Crippen molar-refractivity contribution in [2.24, 2.45) is 5.73 Å². The normalized spacial score (nSPS) is 14.4. The van der Waals surface area contributed by atoms with E-state index in [9.17, 15) is 4.79 Å². The smallest absolute Gasteiger partial charge is 0.172 e. The fourth-order valence-electron chi connectivity index (χ4n) is 1.84. The number of aryl methyl sites for hydroxylation is 2. The molecule has 4 heteroatoms. The number of carbonyl (C=O) groups excluding carboxylic acids is 1. The Hall–Kier alpha value is -0.710. The van der Waals surface area contributed by atoms with Gasteiger partial charge in [-0.25, -0.2) is 0 Å². The first-order valence-electron chi connectivity index (χ1n) is 6.92. The van der Waals surface area contributed by atoms with E-state index in [1.165, 1.54) is 10.4 Å². The largest absolute Gasteiger partial charge is 0.394 e. The minimum absolute atomic E-state index is 0.0142. The van der Waals surface area contributed by atoms with Crippen molar-refractivity contribution in [3.63, 3.8) is 0 Å². The van der Waals surface area contributed by atoms with Gasteiger partial charge in [-0.05, 0) is 44.7 Å². The van der Waals surface area contributed by atoms with Gasteiger partial charge in [-0.15, -0.1) is 11.3 Å². The van der Waals surface area contributed by atoms with Gasteiger partial charge in [0.2, 0.25) is 0 Å². The molecule has 19 heavy (non-hydrogen) atoms. The highest BCUT2D eigenvalue weighted by molar-refractivity contribution is 7.14. The van der Waals surface area contributed by atoms with Crippen LogP contribution in [0.15, 0.2) is 6.07 Å². The first-order chi connectivity index (χ1) is 8.89. The highest BCUT2D eigenvalue weighted by Crippen LogP contribution is 2.26. The Labute approximate surface area is 119 Å². The summed E-state index contributed by atoms with van der Waals surface area (Å²) in [5.74, 6) is 0.249. The molecule has 0 saturated heterocycles. The van der Waals surface area contributed by atoms with Crippen molar-refractivity contribution in [3.8, 4) is 0 Å². The molecule has 3 nitrogen and oxygen atoms in total. The van der Waals surface area contributed by atoms with E-state index >= 15 is 0 Å². The maximum atomic E-state index is 12.0. The van der Waals surface area contributed by atoms with Crippen molar-refractivity contribution in [1.82, 2.24) is 0 Å². The Kier molecular flexibility index (Phi) is 6.17. The summed E-state index contributed by atoms with van der Waals surface area (Å²) in [7, 11) is 0. The maximum Gasteiger partial charge on any atom is 0.172 e. The molecule has 0 radical (unpaired) electrons. The first kappa shape index (κ1) is 16.3. The molecule has 0 fully saturated rings. The van der Waals surface area contributed by atoms with Crippen LogP contribution in [0.5, 0.6) is 0 Å². The average Bonchev–Trinajstić information content (AvgIpc) is 2.75. The molecule has 108 valence electrons. The van der Waals surface area contributed by atoms with Crippen LogP contribution in [-0.2, 0) is 6.42 Å². The summed E-state index contributed by atoms with van der Waals surface area (Å²) in [4.78, 5) is 14.0. The van der Waals surface area contributed by atoms with Crippen molar-refractivity contribution >= 4 is 17.1 Å². The Bertz CT molecular complexity index is 424. The third kappa shape index (κ3) is 5.05. The summed E-state index contributed by atoms with van der Waals surface area (Å²) in [5, 5.41) is 9.16. The molecule has 0 amide bonds. The summed E-state index contributed by atoms with van der Waals surface area (Å²) in [5.41, 5.74) is 6.56. The molecule has 1 rings (SSSR count). The van der Waals surface area contributed by atoms with Crippen molar-refractivity contribution in [2.45, 2.75) is 58.4 Å². The van der Waals surface area contributed by atoms with E-state index in [-0.39, 0.29) is 12.4 Å². The molecule has 1 aromatic rings. The molecule has 0 bridgehead atoms. The molecule has 0 saturated carbocycles. The number of nitrogens with two attached hydrogens (primary N) is 1. The molecule has 0 aromatic carbocycles. The van der Waals surface area contributed by atoms with Gasteiger partial charge < -0.3 is 10.8 Å². The fourth-order valence-corrected chi connectivity index (χ4v) is 2.99. The summed E-state index contributed by atoms with van der Waals surface area (Å²) in [6.45, 7) is 5.97. The van der Waals surface area contributed by atoms with Crippen LogP contribution in [-0.4, -0.2) is 23.0 Å². The van der Waals surface area contributed by atoms with Crippen LogP contribution in [0.4, 0.5) is 0 Å². The van der Waals surface area contributed by atoms with Crippen LogP contribution in [0.2, 0.25) is 0 Å². The van der Waals surface area contributed by atoms with E-state index in [4.69, 9.17) is 10.8 Å². The van der Waals surface area contributed by atoms with E-state index in [0.29, 0.717) is 6.42 Å². The number of carbonyl (C=O) groups is 1. The highest BCUT2D eigenvalue weighted by atomic mass is 32.1. The number of thiophene rings is 1. The van der Waals surface area contributed by atoms with E-state index in [2.05, 4.69) is 6.92 Å². The summed E-state index contributed by atoms with van der Waals surface area (Å²) < 4.78 is 0. The van der Waals surface area contributed by atoms with E-state index in [0.717, 1.165) is 30.6 Å². The molecule has 1 heterocycles. The van der Waals surface area contributed by atoms with Gasteiger partial charge in [0.25, 0.3) is 0 Å². The zero-order valence-electron chi connectivity index (χ0n) is 12.2. The van der Waals surface area contributed by atoms with Gasteiger partial charge in [-0.3, -0.25) is 4.79 Å². The minimum atomic E-state index is -0.539. The second kappa shape index (κ2) is 7.17. The lowest BCUT2D eigenvalue weighted by atomic mass is 9.97. The van der Waals surface area contributed by atoms with Crippen molar-refractivity contribution < 1.29 is 9.90 Å². The van der Waals surface area contributed by atoms with Gasteiger partial charge in [0.1, 0.15) is 0 Å². The number of rotatable bonds is 8. The van der Waals surface area contributed by atoms with E-state index < -0.39 is 5.54 Å². The number of aliphatic hydroxyl groups is 1. The maximum absolute atomic E-state index is 12.0. The highest BCUT2D eigenvalue weighted by Gasteiger charge is 2.19. The quantitative estimate of drug-likeness (QED) is 0.721. The van der Waals surface area contributed by atoms with Crippen LogP contribution in [0.1, 0.15) is 59.6 Å². The van der Waals surface area contributed by atoms with Crippen molar-refractivity contribution in [2.75, 3.05) is 6.61 Å². The second-order valence-electron chi connectivity index (χ2n) is 5.56. The lowest BCUT2D eigenvalue weighted by Crippen LogP contribution is -2.40. The van der Waals surface area contributed by atoms with Crippen LogP contribution in [0.3, 0.4) is 0 Å². The third-order valence-electron chi connectivity index (χ3n) is 3.34. The molecule has 3 N–H and O–H groups in total. The molecular weight excluding hydrogens is 258 g/mol. The SMILES string of the molecule is CCCCC(=O)c1cc(C)c(CCC(C)(N)CO)s1. The van der Waals surface area contributed by atoms with Gasteiger partial charge in [0.15, 0.2) is 5.78 Å². The molecular formula is C15H25NO2S. The molecule has 1 aromatic heterocycles. The Morgan fingerprint density at radius 1 is 1.53 bits per heavy atom. The predicted octanol–water partition coefficient (Wildman–Crippen LogP) is 3.07. The monoisotopic (exact) mass is 283 g/mol. The van der Waals surface area contributed by atoms with Gasteiger partial charge in [-0.1, -0.05) is 13.3 Å². The summed E-state index contributed by atoms with van der Waals surface area (Å²) in [6, 6.07) is 1.99. The number of ketones is 1. The molecule has 0 spiro atoms. The predicted molar refractivity (Wildman–Crippen MR) is 80.9 cm³/mol. The summed E-state index contributed by atoms with van der Waals surface area (Å²) >= 11 is 1.58. The number of unbranched alkanes of at least 4 members (excludes halogenated alkanes) is 1. The molecule has 0 aliphatic rings. The molecule has 1 unspecified atom stereocenters. The minimum Gasteiger partial charge on any atom is -0.394 e. The molecule has 0 aliphatic heterocycles. The second-order valence-corrected chi connectivity index (χ2v) is 6.69. The third-order valence-corrected chi connectivity index (χ3v) is 4.68. The van der Waals surface area contributed by atoms with Crippen LogP contribution in [0.25, 0.3) is 0 Å². The van der Waals surface area contributed by atoms with Gasteiger partial charge in [0, 0.05) is 16.8 Å². The Morgan fingerprint density at radius 3 is 2.79 bits per heavy atom. The van der Waals surface area contributed by atoms with E-state index in [1.807, 2.05) is 19.9 Å². The number of aliphatic hydroxyl groups excluding tert-OH is 1. The van der Waals surface area contributed by atoms with E-state index in [1.54, 1.807) is 11.3 Å². The number of hydrogen-bond donors (Lipinski definition) is 2. The Balaban J connectivity index is 2.66. The van der Waals surface area contributed by atoms with Gasteiger partial charge >= 0.3 is 0 Å². The zero-order valence-corrected chi connectivity index (χ0v) is 13.0. The van der Waals surface area contributed by atoms with Gasteiger partial charge in [-0.2, -0.15) is 0 Å². The topological polar surface area (TPSA) is 63.3 Å². The summed E-state index contributed by atoms with van der Waals surface area (Å²) in [6.07, 6.45) is 4.20. The van der Waals surface area contributed by atoms with Crippen molar-refractivity contribution in [3.05, 3.63) is 21.4 Å². The standard InChI is InChI=1S/C15H25NO2S/c1-4-5-6-12(18)14-9-11(2)13(19-14)7-8-15(3,16)10-17/h9,17H,4-8,10,16H2,1-3H3. The van der Waals surface area contributed by atoms with Crippen LogP contribution in [0, 0.1) is 6.92 Å². The Morgan fingerprint density at radius 2 is 2.21 bits per heavy atom.